The van der Waals surface area contributed by atoms with Crippen LogP contribution < -0.4 is 5.32 Å². The molecule has 2 unspecified atom stereocenters. The van der Waals surface area contributed by atoms with Crippen LogP contribution in [0.15, 0.2) is 59.3 Å². The molecule has 11 heteroatoms. The molecule has 2 atom stereocenters. The molecule has 4 heterocycles. The third-order valence-electron chi connectivity index (χ3n) is 8.39. The maximum atomic E-state index is 12.2. The van der Waals surface area contributed by atoms with Gasteiger partial charge in [-0.2, -0.15) is 0 Å². The van der Waals surface area contributed by atoms with Gasteiger partial charge in [0.05, 0.1) is 18.4 Å². The molecule has 6 rings (SSSR count). The maximum Gasteiger partial charge on any atom is 0.410 e. The second-order valence-corrected chi connectivity index (χ2v) is 15.1. The van der Waals surface area contributed by atoms with Gasteiger partial charge in [0.25, 0.3) is 0 Å². The van der Waals surface area contributed by atoms with Crippen molar-refractivity contribution in [2.45, 2.75) is 89.4 Å². The Kier molecular flexibility index (Phi) is 12.4. The number of benzene rings is 2. The standard InChI is InChI=1S/C18H23NO3S.C14H17NS.C4H6O4/c1-17(2,3)22-16(20)19-10-8-18(21,9-11-19)14-5-4-6-15-13(14)7-12-23-15;1-10-9-11(5-7-15-10)12-3-2-4-14-13(12)6-8-16-14;5-3(6)1-2-4(7)8/h4-7,12,21H,8-11H2,1-3H3;2-4,6,8,10-11,15H,5,7,9H2,1H3;1-2H2,(H,5,6)(H,7,8). The lowest BCUT2D eigenvalue weighted by molar-refractivity contribution is -0.143. The summed E-state index contributed by atoms with van der Waals surface area (Å²) in [5, 5.41) is 37.3. The van der Waals surface area contributed by atoms with Crippen LogP contribution in [0.4, 0.5) is 4.79 Å². The van der Waals surface area contributed by atoms with Gasteiger partial charge in [0.1, 0.15) is 5.60 Å². The van der Waals surface area contributed by atoms with Crippen LogP contribution in [0.1, 0.15) is 83.3 Å². The van der Waals surface area contributed by atoms with Crippen LogP contribution in [0, 0.1) is 0 Å². The van der Waals surface area contributed by atoms with E-state index in [9.17, 15) is 19.5 Å². The first-order valence-corrected chi connectivity index (χ1v) is 17.8. The van der Waals surface area contributed by atoms with E-state index in [0.717, 1.165) is 23.4 Å². The van der Waals surface area contributed by atoms with E-state index in [0.29, 0.717) is 32.0 Å². The Morgan fingerprint density at radius 3 is 2.06 bits per heavy atom. The molecule has 254 valence electrons. The zero-order valence-electron chi connectivity index (χ0n) is 27.5. The first-order valence-electron chi connectivity index (χ1n) is 16.1. The Balaban J connectivity index is 0.000000180. The van der Waals surface area contributed by atoms with E-state index >= 15 is 0 Å². The van der Waals surface area contributed by atoms with Crippen LogP contribution in [-0.4, -0.2) is 69.5 Å². The van der Waals surface area contributed by atoms with Crippen LogP contribution >= 0.6 is 22.7 Å². The number of amides is 1. The molecule has 0 aliphatic carbocycles. The van der Waals surface area contributed by atoms with E-state index in [1.165, 1.54) is 27.6 Å². The summed E-state index contributed by atoms with van der Waals surface area (Å²) in [6.07, 6.45) is 2.72. The van der Waals surface area contributed by atoms with Gasteiger partial charge in [-0.1, -0.05) is 24.3 Å². The molecule has 47 heavy (non-hydrogen) atoms. The second-order valence-electron chi connectivity index (χ2n) is 13.2. The molecule has 1 amide bonds. The molecule has 2 saturated heterocycles. The summed E-state index contributed by atoms with van der Waals surface area (Å²) in [4.78, 5) is 33.1. The number of piperidine rings is 2. The number of carboxylic acid groups (broad SMARTS) is 2. The molecule has 4 N–H and O–H groups in total. The molecule has 2 aliphatic rings. The van der Waals surface area contributed by atoms with Gasteiger partial charge >= 0.3 is 18.0 Å². The highest BCUT2D eigenvalue weighted by Crippen LogP contribution is 2.39. The average molecular weight is 683 g/mol. The number of hydrogen-bond acceptors (Lipinski definition) is 8. The van der Waals surface area contributed by atoms with Gasteiger partial charge in [0, 0.05) is 28.5 Å². The molecule has 2 aliphatic heterocycles. The number of hydrogen-bond donors (Lipinski definition) is 4. The molecule has 0 bridgehead atoms. The molecule has 2 aromatic carbocycles. The quantitative estimate of drug-likeness (QED) is 0.167. The van der Waals surface area contributed by atoms with E-state index in [-0.39, 0.29) is 18.9 Å². The Morgan fingerprint density at radius 2 is 1.49 bits per heavy atom. The Labute approximate surface area is 284 Å². The summed E-state index contributed by atoms with van der Waals surface area (Å²) < 4.78 is 8.04. The van der Waals surface area contributed by atoms with Crippen molar-refractivity contribution in [2.24, 2.45) is 0 Å². The molecular formula is C36H46N2O7S2. The topological polar surface area (TPSA) is 136 Å². The van der Waals surface area contributed by atoms with E-state index in [2.05, 4.69) is 54.0 Å². The number of carbonyl (C=O) groups is 3. The van der Waals surface area contributed by atoms with Gasteiger partial charge in [-0.15, -0.1) is 22.7 Å². The van der Waals surface area contributed by atoms with E-state index in [1.54, 1.807) is 21.8 Å². The molecule has 0 radical (unpaired) electrons. The SMILES string of the molecule is CC(C)(C)OC(=O)N1CCC(O)(c2cccc3sccc23)CC1.CC1CC(c2cccc3sccc23)CCN1.O=C(O)CCC(=O)O. The van der Waals surface area contributed by atoms with Crippen LogP contribution in [0.5, 0.6) is 0 Å². The van der Waals surface area contributed by atoms with E-state index in [1.807, 2.05) is 49.6 Å². The van der Waals surface area contributed by atoms with Gasteiger partial charge in [-0.25, -0.2) is 4.79 Å². The Bertz CT molecular complexity index is 1640. The smallest absolute Gasteiger partial charge is 0.410 e. The van der Waals surface area contributed by atoms with E-state index in [4.69, 9.17) is 14.9 Å². The fourth-order valence-corrected chi connectivity index (χ4v) is 7.69. The molecule has 0 saturated carbocycles. The van der Waals surface area contributed by atoms with Crippen LogP contribution in [0.3, 0.4) is 0 Å². The van der Waals surface area contributed by atoms with Crippen molar-refractivity contribution in [3.63, 3.8) is 0 Å². The zero-order chi connectivity index (χ0) is 34.2. The summed E-state index contributed by atoms with van der Waals surface area (Å²) in [7, 11) is 0. The minimum Gasteiger partial charge on any atom is -0.481 e. The van der Waals surface area contributed by atoms with Crippen molar-refractivity contribution in [3.8, 4) is 0 Å². The summed E-state index contributed by atoms with van der Waals surface area (Å²) in [6, 6.07) is 17.8. The normalized spacial score (nSPS) is 19.2. The predicted molar refractivity (Wildman–Crippen MR) is 189 cm³/mol. The number of aliphatic carboxylic acids is 2. The highest BCUT2D eigenvalue weighted by molar-refractivity contribution is 7.17. The Morgan fingerprint density at radius 1 is 0.915 bits per heavy atom. The van der Waals surface area contributed by atoms with Crippen LogP contribution in [0.2, 0.25) is 0 Å². The number of carbonyl (C=O) groups excluding carboxylic acids is 1. The van der Waals surface area contributed by atoms with Crippen LogP contribution in [-0.2, 0) is 19.9 Å². The lowest BCUT2D eigenvalue weighted by atomic mass is 9.83. The van der Waals surface area contributed by atoms with Gasteiger partial charge in [0.15, 0.2) is 0 Å². The minimum atomic E-state index is -1.08. The van der Waals surface area contributed by atoms with Gasteiger partial charge in [-0.3, -0.25) is 9.59 Å². The summed E-state index contributed by atoms with van der Waals surface area (Å²) in [6.45, 7) is 10.1. The number of rotatable bonds is 5. The highest BCUT2D eigenvalue weighted by atomic mass is 32.1. The molecule has 4 aromatic rings. The number of fused-ring (bicyclic) bond motifs is 2. The number of ether oxygens (including phenoxy) is 1. The van der Waals surface area contributed by atoms with Crippen molar-refractivity contribution >= 4 is 60.9 Å². The van der Waals surface area contributed by atoms with Gasteiger partial charge in [0.2, 0.25) is 0 Å². The van der Waals surface area contributed by atoms with Crippen molar-refractivity contribution in [1.82, 2.24) is 10.2 Å². The fourth-order valence-electron chi connectivity index (χ4n) is 6.06. The number of nitrogens with one attached hydrogen (secondary N) is 1. The first-order chi connectivity index (χ1) is 22.3. The van der Waals surface area contributed by atoms with E-state index < -0.39 is 23.1 Å². The fraction of sp³-hybridized carbons (Fsp3) is 0.472. The molecule has 0 spiro atoms. The van der Waals surface area contributed by atoms with Crippen LogP contribution in [0.25, 0.3) is 20.2 Å². The summed E-state index contributed by atoms with van der Waals surface area (Å²) >= 11 is 3.53. The van der Waals surface area contributed by atoms with Crippen molar-refractivity contribution < 1.29 is 34.4 Å². The Hall–Kier alpha value is -3.51. The average Bonchev–Trinajstić information content (AvgIpc) is 3.70. The van der Waals surface area contributed by atoms with Crippen molar-refractivity contribution in [3.05, 3.63) is 70.4 Å². The lowest BCUT2D eigenvalue weighted by Crippen LogP contribution is -2.46. The predicted octanol–water partition coefficient (Wildman–Crippen LogP) is 7.81. The molecule has 2 fully saturated rings. The maximum absolute atomic E-state index is 12.2. The highest BCUT2D eigenvalue weighted by Gasteiger charge is 2.37. The van der Waals surface area contributed by atoms with Gasteiger partial charge in [-0.05, 0) is 123 Å². The number of likely N-dealkylation sites (tertiary alicyclic amines) is 1. The number of nitrogens with zero attached hydrogens (tertiary/aromatic N) is 1. The third kappa shape index (κ3) is 10.2. The summed E-state index contributed by atoms with van der Waals surface area (Å²) in [5.41, 5.74) is 1.17. The molecule has 9 nitrogen and oxygen atoms in total. The lowest BCUT2D eigenvalue weighted by Gasteiger charge is -2.39. The third-order valence-corrected chi connectivity index (χ3v) is 10.1. The van der Waals surface area contributed by atoms with Crippen molar-refractivity contribution in [2.75, 3.05) is 19.6 Å². The first kappa shape index (κ1) is 36.3. The number of aliphatic hydroxyl groups is 1. The van der Waals surface area contributed by atoms with Gasteiger partial charge < -0.3 is 30.3 Å². The largest absolute Gasteiger partial charge is 0.481 e. The van der Waals surface area contributed by atoms with Crippen molar-refractivity contribution in [1.29, 1.82) is 0 Å². The number of thiophene rings is 2. The monoisotopic (exact) mass is 682 g/mol. The molecular weight excluding hydrogens is 637 g/mol. The minimum absolute atomic E-state index is 0.296. The number of carboxylic acids is 2. The second kappa shape index (κ2) is 16.1. The molecule has 2 aromatic heterocycles. The summed E-state index contributed by atoms with van der Waals surface area (Å²) in [5.74, 6) is -1.41. The zero-order valence-corrected chi connectivity index (χ0v) is 29.2.